The van der Waals surface area contributed by atoms with Gasteiger partial charge in [0.05, 0.1) is 31.0 Å². The Balaban J connectivity index is 1.85. The molecule has 3 heterocycles. The summed E-state index contributed by atoms with van der Waals surface area (Å²) in [4.78, 5) is 23.9. The number of hydrogen-bond acceptors (Lipinski definition) is 9. The molecule has 3 aromatic rings. The van der Waals surface area contributed by atoms with E-state index in [1.165, 1.54) is 18.3 Å². The van der Waals surface area contributed by atoms with Crippen molar-refractivity contribution in [3.8, 4) is 22.8 Å². The summed E-state index contributed by atoms with van der Waals surface area (Å²) in [7, 11) is -1.16. The van der Waals surface area contributed by atoms with Crippen LogP contribution >= 0.6 is 0 Å². The number of pyridine rings is 2. The molecule has 0 unspecified atom stereocenters. The van der Waals surface area contributed by atoms with Crippen LogP contribution in [0.2, 0.25) is 0 Å². The average molecular weight is 526 g/mol. The molecule has 0 spiro atoms. The molecule has 10 nitrogen and oxygen atoms in total. The second-order valence-electron chi connectivity index (χ2n) is 9.66. The Hall–Kier alpha value is -3.86. The number of nitrogens with zero attached hydrogens (tertiary/aromatic N) is 3. The normalized spacial score (nSPS) is 16.9. The number of rotatable bonds is 7. The summed E-state index contributed by atoms with van der Waals surface area (Å²) < 4.78 is 39.2. The minimum atomic E-state index is -4.28. The lowest BCUT2D eigenvalue weighted by molar-refractivity contribution is 0.0981. The summed E-state index contributed by atoms with van der Waals surface area (Å²) in [5.41, 5.74) is 6.70. The van der Waals surface area contributed by atoms with Gasteiger partial charge in [-0.3, -0.25) is 4.79 Å². The lowest BCUT2D eigenvalue weighted by Gasteiger charge is -2.34. The van der Waals surface area contributed by atoms with Crippen LogP contribution in [0.1, 0.15) is 37.6 Å². The third-order valence-electron chi connectivity index (χ3n) is 6.45. The topological polar surface area (TPSA) is 137 Å². The van der Waals surface area contributed by atoms with Crippen molar-refractivity contribution in [3.63, 3.8) is 0 Å². The molecule has 4 rings (SSSR count). The van der Waals surface area contributed by atoms with Crippen molar-refractivity contribution >= 4 is 27.6 Å². The SMILES string of the molecule is COc1cccc(OC)c1-c1ccc(C(=O)NS(=O)(=O)c2cccnc2N)c(N2C[C@@H](C)CC2(C)C)n1. The van der Waals surface area contributed by atoms with E-state index < -0.39 is 15.9 Å². The molecule has 1 aromatic carbocycles. The monoisotopic (exact) mass is 525 g/mol. The number of aromatic nitrogens is 2. The van der Waals surface area contributed by atoms with Crippen molar-refractivity contribution in [2.75, 3.05) is 31.4 Å². The Morgan fingerprint density at radius 1 is 1.11 bits per heavy atom. The van der Waals surface area contributed by atoms with Crippen molar-refractivity contribution < 1.29 is 22.7 Å². The highest BCUT2D eigenvalue weighted by Crippen LogP contribution is 2.41. The fourth-order valence-corrected chi connectivity index (χ4v) is 5.95. The van der Waals surface area contributed by atoms with Crippen LogP contribution in [0.25, 0.3) is 11.3 Å². The fourth-order valence-electron chi connectivity index (χ4n) is 4.90. The number of hydrogen-bond donors (Lipinski definition) is 2. The number of sulfonamides is 1. The fraction of sp³-hybridized carbons (Fsp3) is 0.346. The van der Waals surface area contributed by atoms with Gasteiger partial charge in [0.15, 0.2) is 0 Å². The largest absolute Gasteiger partial charge is 0.496 e. The van der Waals surface area contributed by atoms with Crippen molar-refractivity contribution in [1.29, 1.82) is 0 Å². The minimum Gasteiger partial charge on any atom is -0.496 e. The highest BCUT2D eigenvalue weighted by Gasteiger charge is 2.39. The van der Waals surface area contributed by atoms with E-state index in [4.69, 9.17) is 20.2 Å². The maximum Gasteiger partial charge on any atom is 0.268 e. The molecule has 0 bridgehead atoms. The van der Waals surface area contributed by atoms with E-state index in [0.29, 0.717) is 41.0 Å². The summed E-state index contributed by atoms with van der Waals surface area (Å²) >= 11 is 0. The molecule has 1 amide bonds. The van der Waals surface area contributed by atoms with Crippen LogP contribution < -0.4 is 24.8 Å². The summed E-state index contributed by atoms with van der Waals surface area (Å²) in [5, 5.41) is 0. The van der Waals surface area contributed by atoms with Gasteiger partial charge in [0.2, 0.25) is 0 Å². The number of benzene rings is 1. The van der Waals surface area contributed by atoms with E-state index in [1.807, 2.05) is 11.0 Å². The minimum absolute atomic E-state index is 0.117. The first-order valence-electron chi connectivity index (χ1n) is 11.8. The van der Waals surface area contributed by atoms with E-state index in [-0.39, 0.29) is 21.8 Å². The molecule has 37 heavy (non-hydrogen) atoms. The van der Waals surface area contributed by atoms with Gasteiger partial charge in [-0.2, -0.15) is 0 Å². The molecule has 1 saturated heterocycles. The number of carbonyl (C=O) groups is 1. The molecule has 0 aliphatic carbocycles. The standard InChI is InChI=1S/C26H31N5O5S/c1-16-14-26(2,3)31(15-16)24-17(25(32)30-37(33,34)21-10-7-13-28-23(21)27)11-12-18(29-24)22-19(35-4)8-6-9-20(22)36-5/h6-13,16H,14-15H2,1-5H3,(H2,27,28)(H,30,32)/t16-/m0/s1. The molecule has 0 radical (unpaired) electrons. The van der Waals surface area contributed by atoms with Crippen molar-refractivity contribution in [2.24, 2.45) is 5.92 Å². The maximum absolute atomic E-state index is 13.4. The van der Waals surface area contributed by atoms with Gasteiger partial charge in [-0.05, 0) is 62.6 Å². The molecular weight excluding hydrogens is 494 g/mol. The summed E-state index contributed by atoms with van der Waals surface area (Å²) in [6.07, 6.45) is 2.25. The molecular formula is C26H31N5O5S. The number of methoxy groups -OCH3 is 2. The molecule has 1 aliphatic heterocycles. The smallest absolute Gasteiger partial charge is 0.268 e. The number of nitrogens with two attached hydrogens (primary N) is 1. The van der Waals surface area contributed by atoms with Gasteiger partial charge in [0.1, 0.15) is 28.0 Å². The first-order valence-corrected chi connectivity index (χ1v) is 13.2. The van der Waals surface area contributed by atoms with Gasteiger partial charge in [-0.15, -0.1) is 0 Å². The van der Waals surface area contributed by atoms with Gasteiger partial charge in [-0.25, -0.2) is 23.1 Å². The second-order valence-corrected chi connectivity index (χ2v) is 11.3. The summed E-state index contributed by atoms with van der Waals surface area (Å²) in [5.74, 6) is 0.800. The van der Waals surface area contributed by atoms with Crippen LogP contribution in [0.4, 0.5) is 11.6 Å². The zero-order valence-corrected chi connectivity index (χ0v) is 22.3. The third-order valence-corrected chi connectivity index (χ3v) is 7.83. The van der Waals surface area contributed by atoms with E-state index in [1.54, 1.807) is 38.5 Å². The van der Waals surface area contributed by atoms with E-state index in [0.717, 1.165) is 6.42 Å². The zero-order chi connectivity index (χ0) is 27.0. The van der Waals surface area contributed by atoms with E-state index >= 15 is 0 Å². The van der Waals surface area contributed by atoms with Crippen LogP contribution in [0.5, 0.6) is 11.5 Å². The van der Waals surface area contributed by atoms with Crippen LogP contribution in [0.15, 0.2) is 53.6 Å². The van der Waals surface area contributed by atoms with Gasteiger partial charge < -0.3 is 20.1 Å². The number of nitrogen functional groups attached to an aromatic ring is 1. The number of anilines is 2. The van der Waals surface area contributed by atoms with Crippen LogP contribution in [-0.4, -0.2) is 50.6 Å². The number of carbonyl (C=O) groups excluding carboxylic acids is 1. The predicted octanol–water partition coefficient (Wildman–Crippen LogP) is 3.49. The Kier molecular flexibility index (Phi) is 7.00. The second kappa shape index (κ2) is 9.89. The number of nitrogens with one attached hydrogen (secondary N) is 1. The maximum atomic E-state index is 13.4. The molecule has 2 aromatic heterocycles. The molecule has 1 aliphatic rings. The predicted molar refractivity (Wildman–Crippen MR) is 141 cm³/mol. The van der Waals surface area contributed by atoms with Gasteiger partial charge in [-0.1, -0.05) is 13.0 Å². The molecule has 11 heteroatoms. The quantitative estimate of drug-likeness (QED) is 0.475. The van der Waals surface area contributed by atoms with Crippen molar-refractivity contribution in [2.45, 2.75) is 37.6 Å². The van der Waals surface area contributed by atoms with Crippen LogP contribution in [0.3, 0.4) is 0 Å². The summed E-state index contributed by atoms with van der Waals surface area (Å²) in [6.45, 7) is 6.92. The molecule has 196 valence electrons. The summed E-state index contributed by atoms with van der Waals surface area (Å²) in [6, 6.07) is 11.4. The highest BCUT2D eigenvalue weighted by atomic mass is 32.2. The Labute approximate surface area is 216 Å². The molecule has 1 atom stereocenters. The lowest BCUT2D eigenvalue weighted by Crippen LogP contribution is -2.41. The van der Waals surface area contributed by atoms with Gasteiger partial charge >= 0.3 is 0 Å². The van der Waals surface area contributed by atoms with E-state index in [2.05, 4.69) is 30.5 Å². The molecule has 0 saturated carbocycles. The van der Waals surface area contributed by atoms with Crippen molar-refractivity contribution in [1.82, 2.24) is 14.7 Å². The van der Waals surface area contributed by atoms with Gasteiger partial charge in [0.25, 0.3) is 15.9 Å². The molecule has 3 N–H and O–H groups in total. The Morgan fingerprint density at radius 3 is 2.35 bits per heavy atom. The number of amides is 1. The van der Waals surface area contributed by atoms with Crippen molar-refractivity contribution in [3.05, 3.63) is 54.2 Å². The number of ether oxygens (including phenoxy) is 2. The van der Waals surface area contributed by atoms with Crippen LogP contribution in [0, 0.1) is 5.92 Å². The molecule has 1 fully saturated rings. The average Bonchev–Trinajstić information content (AvgIpc) is 3.14. The Morgan fingerprint density at radius 2 is 1.78 bits per heavy atom. The first-order chi connectivity index (χ1) is 17.5. The van der Waals surface area contributed by atoms with Crippen LogP contribution in [-0.2, 0) is 10.0 Å². The van der Waals surface area contributed by atoms with E-state index in [9.17, 15) is 13.2 Å². The Bertz CT molecular complexity index is 1420. The highest BCUT2D eigenvalue weighted by molar-refractivity contribution is 7.90. The first kappa shape index (κ1) is 26.2. The zero-order valence-electron chi connectivity index (χ0n) is 21.5. The third kappa shape index (κ3) is 5.04. The lowest BCUT2D eigenvalue weighted by atomic mass is 9.97. The van der Waals surface area contributed by atoms with Gasteiger partial charge in [0, 0.05) is 18.3 Å².